The zero-order valence-electron chi connectivity index (χ0n) is 17.0. The highest BCUT2D eigenvalue weighted by atomic mass is 32.2. The van der Waals surface area contributed by atoms with E-state index in [1.807, 2.05) is 19.1 Å². The number of methoxy groups -OCH3 is 1. The summed E-state index contributed by atoms with van der Waals surface area (Å²) in [6.07, 6.45) is 2.62. The minimum absolute atomic E-state index is 0.316. The molecule has 1 fully saturated rings. The number of rotatable bonds is 8. The molecule has 0 aliphatic carbocycles. The first kappa shape index (κ1) is 21.0. The van der Waals surface area contributed by atoms with Gasteiger partial charge in [0.2, 0.25) is 10.0 Å². The first-order valence-electron chi connectivity index (χ1n) is 9.52. The van der Waals surface area contributed by atoms with Crippen molar-refractivity contribution in [3.63, 3.8) is 0 Å². The molecule has 7 nitrogen and oxygen atoms in total. The van der Waals surface area contributed by atoms with Crippen LogP contribution in [0, 0.1) is 19.8 Å². The maximum atomic E-state index is 13.2. The molecule has 1 aliphatic heterocycles. The summed E-state index contributed by atoms with van der Waals surface area (Å²) < 4.78 is 38.6. The van der Waals surface area contributed by atoms with Crippen LogP contribution in [0.5, 0.6) is 0 Å². The number of nitrogens with zero attached hydrogens (tertiary/aromatic N) is 3. The third-order valence-corrected chi connectivity index (χ3v) is 7.24. The van der Waals surface area contributed by atoms with Crippen LogP contribution in [0.1, 0.15) is 17.9 Å². The quantitative estimate of drug-likeness (QED) is 0.669. The largest absolute Gasteiger partial charge is 0.441 e. The molecule has 8 heteroatoms. The van der Waals surface area contributed by atoms with E-state index >= 15 is 0 Å². The van der Waals surface area contributed by atoms with Gasteiger partial charge in [0.25, 0.3) is 0 Å². The van der Waals surface area contributed by atoms with Crippen molar-refractivity contribution in [2.75, 3.05) is 46.9 Å². The van der Waals surface area contributed by atoms with Gasteiger partial charge < -0.3 is 14.1 Å². The molecule has 0 bridgehead atoms. The lowest BCUT2D eigenvalue weighted by Gasteiger charge is -2.22. The van der Waals surface area contributed by atoms with Crippen molar-refractivity contribution in [3.8, 4) is 11.3 Å². The van der Waals surface area contributed by atoms with E-state index in [-0.39, 0.29) is 0 Å². The molecule has 1 saturated heterocycles. The Bertz CT molecular complexity index is 910. The number of aryl methyl sites for hydroxylation is 2. The van der Waals surface area contributed by atoms with E-state index in [1.54, 1.807) is 33.3 Å². The van der Waals surface area contributed by atoms with Gasteiger partial charge in [0.15, 0.2) is 11.7 Å². The van der Waals surface area contributed by atoms with Crippen LogP contribution < -0.4 is 0 Å². The van der Waals surface area contributed by atoms with Crippen LogP contribution in [0.3, 0.4) is 0 Å². The molecule has 0 spiro atoms. The monoisotopic (exact) mass is 407 g/mol. The zero-order chi connectivity index (χ0) is 20.3. The topological polar surface area (TPSA) is 75.9 Å². The van der Waals surface area contributed by atoms with Crippen LogP contribution in [-0.2, 0) is 14.8 Å². The molecule has 1 aliphatic rings. The molecule has 1 aromatic carbocycles. The van der Waals surface area contributed by atoms with E-state index in [0.29, 0.717) is 41.2 Å². The highest BCUT2D eigenvalue weighted by molar-refractivity contribution is 7.89. The summed E-state index contributed by atoms with van der Waals surface area (Å²) in [4.78, 5) is 6.74. The van der Waals surface area contributed by atoms with E-state index in [2.05, 4.69) is 9.88 Å². The Morgan fingerprint density at radius 2 is 2.14 bits per heavy atom. The van der Waals surface area contributed by atoms with Gasteiger partial charge in [0, 0.05) is 46.3 Å². The third kappa shape index (κ3) is 4.63. The first-order chi connectivity index (χ1) is 13.3. The van der Waals surface area contributed by atoms with Crippen LogP contribution >= 0.6 is 0 Å². The number of oxazole rings is 1. The van der Waals surface area contributed by atoms with E-state index in [0.717, 1.165) is 31.6 Å². The zero-order valence-corrected chi connectivity index (χ0v) is 17.8. The minimum atomic E-state index is -3.59. The van der Waals surface area contributed by atoms with Crippen molar-refractivity contribution < 1.29 is 17.6 Å². The number of hydrogen-bond acceptors (Lipinski definition) is 6. The molecule has 154 valence electrons. The van der Waals surface area contributed by atoms with Gasteiger partial charge >= 0.3 is 0 Å². The Morgan fingerprint density at radius 3 is 2.82 bits per heavy atom. The summed E-state index contributed by atoms with van der Waals surface area (Å²) in [5, 5.41) is 0. The molecule has 0 amide bonds. The molecule has 3 rings (SSSR count). The molecular formula is C20H29N3O4S. The summed E-state index contributed by atoms with van der Waals surface area (Å²) in [5.41, 5.74) is 1.43. The fourth-order valence-corrected chi connectivity index (χ4v) is 5.13. The summed E-state index contributed by atoms with van der Waals surface area (Å²) in [7, 11) is -0.224. The van der Waals surface area contributed by atoms with Crippen molar-refractivity contribution in [1.82, 2.24) is 14.2 Å². The molecule has 0 saturated carbocycles. The van der Waals surface area contributed by atoms with Crippen molar-refractivity contribution >= 4 is 10.0 Å². The molecule has 1 atom stereocenters. The number of hydrogen-bond donors (Lipinski definition) is 0. The lowest BCUT2D eigenvalue weighted by molar-refractivity contribution is 0.158. The van der Waals surface area contributed by atoms with Gasteiger partial charge in [-0.3, -0.25) is 0 Å². The highest BCUT2D eigenvalue weighted by Gasteiger charge is 2.29. The first-order valence-corrected chi connectivity index (χ1v) is 11.0. The van der Waals surface area contributed by atoms with Gasteiger partial charge in [-0.05, 0) is 37.4 Å². The van der Waals surface area contributed by atoms with Gasteiger partial charge in [-0.15, -0.1) is 0 Å². The number of ether oxygens (including phenoxy) is 1. The molecular weight excluding hydrogens is 378 g/mol. The second-order valence-corrected chi connectivity index (χ2v) is 9.47. The van der Waals surface area contributed by atoms with Crippen LogP contribution in [0.4, 0.5) is 0 Å². The predicted molar refractivity (Wildman–Crippen MR) is 108 cm³/mol. The highest BCUT2D eigenvalue weighted by Crippen LogP contribution is 2.28. The molecule has 2 aromatic rings. The Balaban J connectivity index is 1.75. The maximum Gasteiger partial charge on any atom is 0.243 e. The predicted octanol–water partition coefficient (Wildman–Crippen LogP) is 2.55. The maximum absolute atomic E-state index is 13.2. The number of benzene rings is 1. The average molecular weight is 408 g/mol. The van der Waals surface area contributed by atoms with Crippen LogP contribution in [-0.4, -0.2) is 69.6 Å². The summed E-state index contributed by atoms with van der Waals surface area (Å²) in [6.45, 7) is 7.58. The molecule has 1 aromatic heterocycles. The average Bonchev–Trinajstić information content (AvgIpc) is 3.29. The number of likely N-dealkylation sites (tertiary alicyclic amines) is 1. The Hall–Kier alpha value is -1.74. The van der Waals surface area contributed by atoms with Crippen LogP contribution in [0.2, 0.25) is 0 Å². The lowest BCUT2D eigenvalue weighted by Crippen LogP contribution is -2.34. The number of sulfonamides is 1. The lowest BCUT2D eigenvalue weighted by atomic mass is 10.1. The van der Waals surface area contributed by atoms with Crippen molar-refractivity contribution in [2.24, 2.45) is 5.92 Å². The number of aromatic nitrogens is 1. The summed E-state index contributed by atoms with van der Waals surface area (Å²) in [5.74, 6) is 1.45. The SMILES string of the molecule is COCCN1CCC(CN(C)S(=O)(=O)c2cc(-c3cnc(C)o3)ccc2C)C1. The third-order valence-electron chi connectivity index (χ3n) is 5.28. The smallest absolute Gasteiger partial charge is 0.243 e. The Morgan fingerprint density at radius 1 is 1.36 bits per heavy atom. The fourth-order valence-electron chi connectivity index (χ4n) is 3.64. The van der Waals surface area contributed by atoms with Gasteiger partial charge in [-0.2, -0.15) is 0 Å². The Kier molecular flexibility index (Phi) is 6.54. The summed E-state index contributed by atoms with van der Waals surface area (Å²) in [6, 6.07) is 5.36. The molecule has 28 heavy (non-hydrogen) atoms. The van der Waals surface area contributed by atoms with E-state index < -0.39 is 10.0 Å². The fraction of sp³-hybridized carbons (Fsp3) is 0.550. The second kappa shape index (κ2) is 8.73. The normalized spacial score (nSPS) is 18.2. The molecule has 0 radical (unpaired) electrons. The van der Waals surface area contributed by atoms with Crippen LogP contribution in [0.25, 0.3) is 11.3 Å². The van der Waals surface area contributed by atoms with E-state index in [4.69, 9.17) is 9.15 Å². The Labute approximate surface area is 167 Å². The van der Waals surface area contributed by atoms with Gasteiger partial charge in [0.1, 0.15) is 0 Å². The van der Waals surface area contributed by atoms with Gasteiger partial charge in [-0.1, -0.05) is 12.1 Å². The van der Waals surface area contributed by atoms with Crippen molar-refractivity contribution in [2.45, 2.75) is 25.2 Å². The standard InChI is InChI=1S/C20H29N3O4S/c1-15-5-6-18(19-12-21-16(2)27-19)11-20(15)28(24,25)22(3)13-17-7-8-23(14-17)9-10-26-4/h5-6,11-12,17H,7-10,13-14H2,1-4H3. The van der Waals surface area contributed by atoms with Crippen molar-refractivity contribution in [3.05, 3.63) is 35.9 Å². The molecule has 1 unspecified atom stereocenters. The van der Waals surface area contributed by atoms with Crippen molar-refractivity contribution in [1.29, 1.82) is 0 Å². The molecule has 0 N–H and O–H groups in total. The van der Waals surface area contributed by atoms with Gasteiger partial charge in [0.05, 0.1) is 17.7 Å². The van der Waals surface area contributed by atoms with E-state index in [1.165, 1.54) is 4.31 Å². The minimum Gasteiger partial charge on any atom is -0.441 e. The summed E-state index contributed by atoms with van der Waals surface area (Å²) >= 11 is 0. The second-order valence-electron chi connectivity index (χ2n) is 7.46. The molecule has 2 heterocycles. The van der Waals surface area contributed by atoms with Gasteiger partial charge in [-0.25, -0.2) is 17.7 Å². The van der Waals surface area contributed by atoms with E-state index in [9.17, 15) is 8.42 Å². The van der Waals surface area contributed by atoms with Crippen LogP contribution in [0.15, 0.2) is 33.7 Å².